The zero-order valence-corrected chi connectivity index (χ0v) is 19.5. The number of rotatable bonds is 6. The van der Waals surface area contributed by atoms with Crippen LogP contribution in [0, 0.1) is 0 Å². The SMILES string of the molecule is O=C(Nc1nnc(C2CC(=O)N(c3ccccc3)C2)o1)c1ccc(S(=O)(=O)N2CCOCC2)cc1. The molecule has 1 unspecified atom stereocenters. The number of nitrogens with zero attached hydrogens (tertiary/aromatic N) is 4. The molecule has 5 rings (SSSR count). The van der Waals surface area contributed by atoms with Crippen LogP contribution >= 0.6 is 0 Å². The molecule has 1 aromatic heterocycles. The van der Waals surface area contributed by atoms with E-state index in [-0.39, 0.29) is 40.6 Å². The summed E-state index contributed by atoms with van der Waals surface area (Å²) < 4.78 is 37.6. The Bertz CT molecular complexity index is 1320. The standard InChI is InChI=1S/C23H23N5O6S/c29-20-14-17(15-28(20)18-4-2-1-3-5-18)22-25-26-23(34-22)24-21(30)16-6-8-19(9-7-16)35(31,32)27-10-12-33-13-11-27/h1-9,17H,10-15H2,(H,24,26,30). The summed E-state index contributed by atoms with van der Waals surface area (Å²) in [4.78, 5) is 26.8. The number of anilines is 2. The first-order valence-corrected chi connectivity index (χ1v) is 12.5. The van der Waals surface area contributed by atoms with E-state index >= 15 is 0 Å². The van der Waals surface area contributed by atoms with Gasteiger partial charge in [-0.05, 0) is 36.4 Å². The summed E-state index contributed by atoms with van der Waals surface area (Å²) in [7, 11) is -3.65. The Labute approximate surface area is 201 Å². The summed E-state index contributed by atoms with van der Waals surface area (Å²) in [5, 5.41) is 10.4. The van der Waals surface area contributed by atoms with Gasteiger partial charge in [0.25, 0.3) is 5.91 Å². The molecule has 12 heteroatoms. The highest BCUT2D eigenvalue weighted by Gasteiger charge is 2.35. The van der Waals surface area contributed by atoms with Crippen molar-refractivity contribution in [3.63, 3.8) is 0 Å². The van der Waals surface area contributed by atoms with E-state index in [0.717, 1.165) is 5.69 Å². The van der Waals surface area contributed by atoms with E-state index in [4.69, 9.17) is 9.15 Å². The van der Waals surface area contributed by atoms with Crippen LogP contribution in [0.2, 0.25) is 0 Å². The number of hydrogen-bond donors (Lipinski definition) is 1. The monoisotopic (exact) mass is 497 g/mol. The maximum atomic E-state index is 12.7. The molecule has 2 aromatic carbocycles. The van der Waals surface area contributed by atoms with Crippen molar-refractivity contribution in [2.45, 2.75) is 17.2 Å². The summed E-state index contributed by atoms with van der Waals surface area (Å²) in [5.41, 5.74) is 1.03. The van der Waals surface area contributed by atoms with Crippen molar-refractivity contribution in [3.8, 4) is 0 Å². The minimum atomic E-state index is -3.65. The maximum absolute atomic E-state index is 12.7. The zero-order valence-electron chi connectivity index (χ0n) is 18.7. The second-order valence-electron chi connectivity index (χ2n) is 8.18. The van der Waals surface area contributed by atoms with Crippen molar-refractivity contribution in [2.75, 3.05) is 43.1 Å². The number of benzene rings is 2. The Balaban J connectivity index is 1.23. The lowest BCUT2D eigenvalue weighted by Crippen LogP contribution is -2.40. The molecule has 1 atom stereocenters. The molecule has 0 saturated carbocycles. The van der Waals surface area contributed by atoms with Crippen LogP contribution < -0.4 is 10.2 Å². The third kappa shape index (κ3) is 4.81. The third-order valence-corrected chi connectivity index (χ3v) is 7.84. The summed E-state index contributed by atoms with van der Waals surface area (Å²) in [6.45, 7) is 1.69. The molecule has 182 valence electrons. The Morgan fingerprint density at radius 2 is 1.71 bits per heavy atom. The van der Waals surface area contributed by atoms with Crippen LogP contribution in [-0.4, -0.2) is 67.6 Å². The van der Waals surface area contributed by atoms with Gasteiger partial charge in [-0.1, -0.05) is 23.3 Å². The van der Waals surface area contributed by atoms with Gasteiger partial charge < -0.3 is 14.1 Å². The molecule has 2 aliphatic rings. The van der Waals surface area contributed by atoms with E-state index in [9.17, 15) is 18.0 Å². The molecule has 11 nitrogen and oxygen atoms in total. The number of para-hydroxylation sites is 1. The molecule has 0 spiro atoms. The maximum Gasteiger partial charge on any atom is 0.322 e. The molecule has 2 fully saturated rings. The number of amides is 2. The molecule has 0 aliphatic carbocycles. The van der Waals surface area contributed by atoms with Gasteiger partial charge in [0.1, 0.15) is 0 Å². The highest BCUT2D eigenvalue weighted by molar-refractivity contribution is 7.89. The van der Waals surface area contributed by atoms with E-state index in [1.807, 2.05) is 30.3 Å². The number of carbonyl (C=O) groups excluding carboxylic acids is 2. The zero-order chi connectivity index (χ0) is 24.4. The molecule has 1 N–H and O–H groups in total. The Morgan fingerprint density at radius 1 is 1.00 bits per heavy atom. The largest absolute Gasteiger partial charge is 0.407 e. The summed E-state index contributed by atoms with van der Waals surface area (Å²) >= 11 is 0. The van der Waals surface area contributed by atoms with Crippen LogP contribution in [0.1, 0.15) is 28.6 Å². The summed E-state index contributed by atoms with van der Waals surface area (Å²) in [5.74, 6) is -0.592. The van der Waals surface area contributed by atoms with Gasteiger partial charge in [0, 0.05) is 37.3 Å². The van der Waals surface area contributed by atoms with Gasteiger partial charge in [-0.15, -0.1) is 5.10 Å². The lowest BCUT2D eigenvalue weighted by molar-refractivity contribution is -0.117. The predicted octanol–water partition coefficient (Wildman–Crippen LogP) is 1.86. The topological polar surface area (TPSA) is 135 Å². The first-order chi connectivity index (χ1) is 16.9. The number of carbonyl (C=O) groups is 2. The van der Waals surface area contributed by atoms with Crippen LogP contribution in [0.4, 0.5) is 11.7 Å². The predicted molar refractivity (Wildman–Crippen MR) is 124 cm³/mol. The Morgan fingerprint density at radius 3 is 2.43 bits per heavy atom. The molecule has 0 radical (unpaired) electrons. The molecule has 3 heterocycles. The highest BCUT2D eigenvalue weighted by Crippen LogP contribution is 2.31. The Kier molecular flexibility index (Phi) is 6.32. The van der Waals surface area contributed by atoms with Gasteiger partial charge in [0.15, 0.2) is 0 Å². The second kappa shape index (κ2) is 9.56. The van der Waals surface area contributed by atoms with E-state index < -0.39 is 15.9 Å². The Hall–Kier alpha value is -3.61. The van der Waals surface area contributed by atoms with Gasteiger partial charge in [0.05, 0.1) is 24.0 Å². The van der Waals surface area contributed by atoms with Crippen LogP contribution in [0.3, 0.4) is 0 Å². The first kappa shape index (κ1) is 23.1. The quantitative estimate of drug-likeness (QED) is 0.545. The van der Waals surface area contributed by atoms with E-state index in [1.165, 1.54) is 28.6 Å². The normalized spacial score (nSPS) is 19.1. The van der Waals surface area contributed by atoms with E-state index in [1.54, 1.807) is 4.90 Å². The fourth-order valence-electron chi connectivity index (χ4n) is 4.06. The van der Waals surface area contributed by atoms with Crippen LogP contribution in [0.15, 0.2) is 63.9 Å². The fraction of sp³-hybridized carbons (Fsp3) is 0.304. The van der Waals surface area contributed by atoms with Crippen molar-refractivity contribution in [1.29, 1.82) is 0 Å². The number of hydrogen-bond acceptors (Lipinski definition) is 8. The highest BCUT2D eigenvalue weighted by atomic mass is 32.2. The second-order valence-corrected chi connectivity index (χ2v) is 10.1. The molecule has 3 aromatic rings. The molecule has 35 heavy (non-hydrogen) atoms. The molecular weight excluding hydrogens is 474 g/mol. The van der Waals surface area contributed by atoms with Gasteiger partial charge in [0.2, 0.25) is 21.8 Å². The first-order valence-electron chi connectivity index (χ1n) is 11.1. The molecular formula is C23H23N5O6S. The smallest absolute Gasteiger partial charge is 0.322 e. The van der Waals surface area contributed by atoms with Gasteiger partial charge >= 0.3 is 6.01 Å². The lowest BCUT2D eigenvalue weighted by atomic mass is 10.1. The number of ether oxygens (including phenoxy) is 1. The van der Waals surface area contributed by atoms with Crippen molar-refractivity contribution >= 4 is 33.5 Å². The number of nitrogens with one attached hydrogen (secondary N) is 1. The van der Waals surface area contributed by atoms with Gasteiger partial charge in [-0.2, -0.15) is 4.31 Å². The van der Waals surface area contributed by atoms with Crippen molar-refractivity contribution < 1.29 is 27.2 Å². The van der Waals surface area contributed by atoms with E-state index in [0.29, 0.717) is 32.8 Å². The molecule has 2 aliphatic heterocycles. The molecule has 2 saturated heterocycles. The fourth-order valence-corrected chi connectivity index (χ4v) is 5.47. The van der Waals surface area contributed by atoms with Crippen molar-refractivity contribution in [2.24, 2.45) is 0 Å². The minimum absolute atomic E-state index is 0.0443. The summed E-state index contributed by atoms with van der Waals surface area (Å²) in [6.07, 6.45) is 0.226. The summed E-state index contributed by atoms with van der Waals surface area (Å²) in [6, 6.07) is 14.9. The average molecular weight is 498 g/mol. The van der Waals surface area contributed by atoms with Crippen LogP contribution in [0.25, 0.3) is 0 Å². The lowest BCUT2D eigenvalue weighted by Gasteiger charge is -2.26. The van der Waals surface area contributed by atoms with Gasteiger partial charge in [-0.25, -0.2) is 8.42 Å². The van der Waals surface area contributed by atoms with Crippen molar-refractivity contribution in [1.82, 2.24) is 14.5 Å². The van der Waals surface area contributed by atoms with Crippen LogP contribution in [-0.2, 0) is 19.6 Å². The molecule has 0 bridgehead atoms. The number of aromatic nitrogens is 2. The third-order valence-electron chi connectivity index (χ3n) is 5.93. The van der Waals surface area contributed by atoms with Crippen molar-refractivity contribution in [3.05, 3.63) is 66.1 Å². The average Bonchev–Trinajstić information content (AvgIpc) is 3.51. The van der Waals surface area contributed by atoms with Gasteiger partial charge in [-0.3, -0.25) is 14.9 Å². The number of sulfonamides is 1. The minimum Gasteiger partial charge on any atom is -0.407 e. The number of morpholine rings is 1. The van der Waals surface area contributed by atoms with E-state index in [2.05, 4.69) is 15.5 Å². The molecule has 2 amide bonds. The van der Waals surface area contributed by atoms with Crippen LogP contribution in [0.5, 0.6) is 0 Å².